The molecule has 1 heterocycles. The number of carbonyl (C=O) groups excluding carboxylic acids is 2. The fourth-order valence-corrected chi connectivity index (χ4v) is 3.42. The van der Waals surface area contributed by atoms with Crippen molar-refractivity contribution in [3.8, 4) is 0 Å². The van der Waals surface area contributed by atoms with Gasteiger partial charge < -0.3 is 10.2 Å². The first-order chi connectivity index (χ1) is 13.0. The van der Waals surface area contributed by atoms with Crippen molar-refractivity contribution in [2.45, 2.75) is 26.8 Å². The first-order valence-corrected chi connectivity index (χ1v) is 9.25. The Bertz CT molecular complexity index is 834. The Morgan fingerprint density at radius 2 is 1.67 bits per heavy atom. The number of nitrogens with zero attached hydrogens (tertiary/aromatic N) is 2. The van der Waals surface area contributed by atoms with Crippen LogP contribution in [-0.4, -0.2) is 35.8 Å². The van der Waals surface area contributed by atoms with E-state index in [1.54, 1.807) is 13.0 Å². The lowest BCUT2D eigenvalue weighted by molar-refractivity contribution is -0.119. The molecule has 2 aromatic rings. The molecule has 0 unspecified atom stereocenters. The first kappa shape index (κ1) is 18.7. The summed E-state index contributed by atoms with van der Waals surface area (Å²) in [5.74, 6) is -0.428. The van der Waals surface area contributed by atoms with Gasteiger partial charge in [0.05, 0.1) is 0 Å². The summed E-state index contributed by atoms with van der Waals surface area (Å²) < 4.78 is 0. The fraction of sp³-hybridized carbons (Fsp3) is 0.273. The number of amides is 2. The Morgan fingerprint density at radius 1 is 1.07 bits per heavy atom. The van der Waals surface area contributed by atoms with Crippen LogP contribution in [0.25, 0.3) is 5.70 Å². The molecule has 3 rings (SSSR count). The number of rotatable bonds is 6. The van der Waals surface area contributed by atoms with Crippen molar-refractivity contribution in [1.82, 2.24) is 4.90 Å². The van der Waals surface area contributed by atoms with Crippen molar-refractivity contribution in [1.29, 1.82) is 0 Å². The summed E-state index contributed by atoms with van der Waals surface area (Å²) in [5.41, 5.74) is 3.76. The smallest absolute Gasteiger partial charge is 0.259 e. The van der Waals surface area contributed by atoms with Gasteiger partial charge in [-0.25, -0.2) is 0 Å². The van der Waals surface area contributed by atoms with Gasteiger partial charge in [0.15, 0.2) is 0 Å². The van der Waals surface area contributed by atoms with Crippen LogP contribution in [0, 0.1) is 0 Å². The number of benzene rings is 2. The lowest BCUT2D eigenvalue weighted by atomic mass is 10.1. The van der Waals surface area contributed by atoms with E-state index in [-0.39, 0.29) is 11.8 Å². The molecule has 140 valence electrons. The molecule has 1 aliphatic rings. The van der Waals surface area contributed by atoms with Gasteiger partial charge in [-0.1, -0.05) is 24.8 Å². The first-order valence-electron chi connectivity index (χ1n) is 9.25. The average Bonchev–Trinajstić information content (AvgIpc) is 2.94. The van der Waals surface area contributed by atoms with Crippen LogP contribution in [0.1, 0.15) is 36.7 Å². The Hall–Kier alpha value is -3.08. The topological polar surface area (TPSA) is 52.7 Å². The molecular weight excluding hydrogens is 338 g/mol. The van der Waals surface area contributed by atoms with Gasteiger partial charge in [-0.15, -0.1) is 0 Å². The molecule has 0 spiro atoms. The van der Waals surface area contributed by atoms with Gasteiger partial charge in [0.1, 0.15) is 6.04 Å². The molecule has 0 saturated carbocycles. The summed E-state index contributed by atoms with van der Waals surface area (Å²) in [7, 11) is 0. The van der Waals surface area contributed by atoms with E-state index in [0.29, 0.717) is 16.9 Å². The van der Waals surface area contributed by atoms with Crippen molar-refractivity contribution in [3.63, 3.8) is 0 Å². The molecule has 27 heavy (non-hydrogen) atoms. The van der Waals surface area contributed by atoms with Crippen molar-refractivity contribution in [2.24, 2.45) is 0 Å². The zero-order chi connectivity index (χ0) is 19.6. The van der Waals surface area contributed by atoms with Crippen molar-refractivity contribution < 1.29 is 9.59 Å². The van der Waals surface area contributed by atoms with Gasteiger partial charge in [0.2, 0.25) is 5.91 Å². The van der Waals surface area contributed by atoms with E-state index >= 15 is 0 Å². The minimum atomic E-state index is -0.653. The largest absolute Gasteiger partial charge is 0.372 e. The van der Waals surface area contributed by atoms with Gasteiger partial charge in [-0.2, -0.15) is 0 Å². The van der Waals surface area contributed by atoms with Crippen LogP contribution in [0.3, 0.4) is 0 Å². The minimum Gasteiger partial charge on any atom is -0.372 e. The molecule has 5 nitrogen and oxygen atoms in total. The van der Waals surface area contributed by atoms with Crippen LogP contribution in [0.4, 0.5) is 11.4 Å². The highest BCUT2D eigenvalue weighted by Gasteiger charge is 2.36. The maximum atomic E-state index is 12.7. The highest BCUT2D eigenvalue weighted by atomic mass is 16.2. The van der Waals surface area contributed by atoms with E-state index in [1.165, 1.54) is 4.90 Å². The van der Waals surface area contributed by atoms with Crippen molar-refractivity contribution in [3.05, 3.63) is 66.2 Å². The molecule has 0 aliphatic carbocycles. The summed E-state index contributed by atoms with van der Waals surface area (Å²) in [6.45, 7) is 11.8. The Kier molecular flexibility index (Phi) is 5.31. The van der Waals surface area contributed by atoms with Gasteiger partial charge in [0.25, 0.3) is 5.91 Å². The maximum absolute atomic E-state index is 12.7. The third-order valence-corrected chi connectivity index (χ3v) is 5.01. The lowest BCUT2D eigenvalue weighted by Crippen LogP contribution is -2.41. The monoisotopic (exact) mass is 363 g/mol. The van der Waals surface area contributed by atoms with Crippen LogP contribution in [0.2, 0.25) is 0 Å². The number of hydrogen-bond acceptors (Lipinski definition) is 3. The lowest BCUT2D eigenvalue weighted by Gasteiger charge is -2.25. The molecule has 2 amide bonds. The second-order valence-electron chi connectivity index (χ2n) is 6.55. The van der Waals surface area contributed by atoms with Crippen LogP contribution >= 0.6 is 0 Å². The molecule has 5 heteroatoms. The fourth-order valence-electron chi connectivity index (χ4n) is 3.42. The van der Waals surface area contributed by atoms with Crippen molar-refractivity contribution in [2.75, 3.05) is 23.3 Å². The predicted octanol–water partition coefficient (Wildman–Crippen LogP) is 3.99. The average molecular weight is 363 g/mol. The van der Waals surface area contributed by atoms with E-state index < -0.39 is 6.04 Å². The summed E-state index contributed by atoms with van der Waals surface area (Å²) in [5, 5.41) is 2.90. The van der Waals surface area contributed by atoms with Crippen LogP contribution in [0.15, 0.2) is 55.1 Å². The van der Waals surface area contributed by atoms with Gasteiger partial charge >= 0.3 is 0 Å². The molecule has 0 saturated heterocycles. The van der Waals surface area contributed by atoms with Crippen LogP contribution in [0.5, 0.6) is 0 Å². The molecule has 0 bridgehead atoms. The minimum absolute atomic E-state index is 0.185. The Balaban J connectivity index is 1.72. The number of hydrogen-bond donors (Lipinski definition) is 1. The molecule has 0 radical (unpaired) electrons. The highest BCUT2D eigenvalue weighted by Crippen LogP contribution is 2.33. The molecule has 1 aliphatic heterocycles. The quantitative estimate of drug-likeness (QED) is 0.844. The Labute approximate surface area is 160 Å². The number of fused-ring (bicyclic) bond motifs is 1. The molecule has 2 aromatic carbocycles. The zero-order valence-electron chi connectivity index (χ0n) is 16.0. The van der Waals surface area contributed by atoms with E-state index in [0.717, 1.165) is 24.3 Å². The number of anilines is 2. The second kappa shape index (κ2) is 7.66. The maximum Gasteiger partial charge on any atom is 0.259 e. The summed E-state index contributed by atoms with van der Waals surface area (Å²) in [6.07, 6.45) is 0. The number of nitrogens with one attached hydrogen (secondary N) is 1. The van der Waals surface area contributed by atoms with E-state index in [2.05, 4.69) is 30.6 Å². The highest BCUT2D eigenvalue weighted by molar-refractivity contribution is 6.11. The summed E-state index contributed by atoms with van der Waals surface area (Å²) >= 11 is 0. The molecule has 0 fully saturated rings. The van der Waals surface area contributed by atoms with Gasteiger partial charge in [-0.05, 0) is 51.1 Å². The predicted molar refractivity (Wildman–Crippen MR) is 110 cm³/mol. The molecular formula is C22H25N3O2. The zero-order valence-corrected chi connectivity index (χ0v) is 16.0. The van der Waals surface area contributed by atoms with E-state index in [4.69, 9.17) is 0 Å². The summed E-state index contributed by atoms with van der Waals surface area (Å²) in [4.78, 5) is 29.1. The van der Waals surface area contributed by atoms with Crippen LogP contribution in [-0.2, 0) is 4.79 Å². The second-order valence-corrected chi connectivity index (χ2v) is 6.55. The Morgan fingerprint density at radius 3 is 2.22 bits per heavy atom. The third kappa shape index (κ3) is 3.45. The summed E-state index contributed by atoms with van der Waals surface area (Å²) in [6, 6.07) is 14.4. The van der Waals surface area contributed by atoms with Gasteiger partial charge in [-0.3, -0.25) is 14.5 Å². The van der Waals surface area contributed by atoms with Crippen LogP contribution < -0.4 is 10.2 Å². The third-order valence-electron chi connectivity index (χ3n) is 5.01. The molecule has 1 N–H and O–H groups in total. The number of carbonyl (C=O) groups is 2. The SMILES string of the molecule is C=C1c2ccccc2C(=O)N1[C@@H](C)C(=O)Nc1ccc(N(CC)CC)cc1. The van der Waals surface area contributed by atoms with E-state index in [9.17, 15) is 9.59 Å². The normalized spacial score (nSPS) is 14.1. The molecule has 1 atom stereocenters. The standard InChI is InChI=1S/C22H25N3O2/c1-5-24(6-2)18-13-11-17(12-14-18)23-21(26)16(4)25-15(3)19-9-7-8-10-20(19)22(25)27/h7-14,16H,3,5-6H2,1-2,4H3,(H,23,26)/t16-/m0/s1. The van der Waals surface area contributed by atoms with E-state index in [1.807, 2.05) is 42.5 Å². The van der Waals surface area contributed by atoms with Gasteiger partial charge in [0, 0.05) is 41.3 Å². The van der Waals surface area contributed by atoms with Crippen molar-refractivity contribution >= 4 is 28.9 Å². The molecule has 0 aromatic heterocycles.